The molecule has 4 rings (SSSR count). The number of aromatic nitrogens is 5. The molecular formula is C21H18ClF3N6O. The summed E-state index contributed by atoms with van der Waals surface area (Å²) in [6, 6.07) is 8.40. The molecule has 4 aromatic rings. The van der Waals surface area contributed by atoms with E-state index in [0.29, 0.717) is 21.6 Å². The van der Waals surface area contributed by atoms with Crippen molar-refractivity contribution in [3.8, 4) is 11.3 Å². The summed E-state index contributed by atoms with van der Waals surface area (Å²) in [5.74, 6) is -0.611. The molecule has 32 heavy (non-hydrogen) atoms. The van der Waals surface area contributed by atoms with E-state index >= 15 is 0 Å². The highest BCUT2D eigenvalue weighted by atomic mass is 35.5. The van der Waals surface area contributed by atoms with E-state index in [9.17, 15) is 18.0 Å². The maximum atomic E-state index is 13.7. The molecule has 166 valence electrons. The second-order valence-corrected chi connectivity index (χ2v) is 7.55. The maximum Gasteiger partial charge on any atom is 0.433 e. The van der Waals surface area contributed by atoms with E-state index in [4.69, 9.17) is 11.6 Å². The number of hydrogen-bond acceptors (Lipinski definition) is 4. The third kappa shape index (κ3) is 4.31. The highest BCUT2D eigenvalue weighted by Crippen LogP contribution is 2.32. The standard InChI is InChI=1S/C21H18ClF3N6O/c1-3-30-11-14(12(2)28-30)10-26-20(32)17-9-19-27-16(13-4-6-15(22)7-5-13)8-18(21(23,24)25)31(19)29-17/h4-9,11H,3,10H2,1-2H3,(H,26,32). The number of fused-ring (bicyclic) bond motifs is 1. The molecular weight excluding hydrogens is 445 g/mol. The molecule has 0 saturated carbocycles. The van der Waals surface area contributed by atoms with Crippen molar-refractivity contribution >= 4 is 23.2 Å². The number of amides is 1. The molecule has 3 heterocycles. The van der Waals surface area contributed by atoms with Gasteiger partial charge in [-0.2, -0.15) is 23.4 Å². The SMILES string of the molecule is CCn1cc(CNC(=O)c2cc3nc(-c4ccc(Cl)cc4)cc(C(F)(F)F)n3n2)c(C)n1. The summed E-state index contributed by atoms with van der Waals surface area (Å²) < 4.78 is 43.5. The molecule has 0 saturated heterocycles. The van der Waals surface area contributed by atoms with Gasteiger partial charge < -0.3 is 5.32 Å². The summed E-state index contributed by atoms with van der Waals surface area (Å²) in [6.07, 6.45) is -2.89. The second-order valence-electron chi connectivity index (χ2n) is 7.11. The third-order valence-electron chi connectivity index (χ3n) is 4.90. The van der Waals surface area contributed by atoms with Gasteiger partial charge in [0.2, 0.25) is 0 Å². The van der Waals surface area contributed by atoms with Gasteiger partial charge in [0.25, 0.3) is 5.91 Å². The molecule has 3 aromatic heterocycles. The topological polar surface area (TPSA) is 77.1 Å². The molecule has 0 radical (unpaired) electrons. The van der Waals surface area contributed by atoms with Crippen LogP contribution in [-0.2, 0) is 19.3 Å². The van der Waals surface area contributed by atoms with Gasteiger partial charge in [0.15, 0.2) is 17.0 Å². The fourth-order valence-corrected chi connectivity index (χ4v) is 3.34. The number of carbonyl (C=O) groups excluding carboxylic acids is 1. The number of rotatable bonds is 5. The Morgan fingerprint density at radius 2 is 1.88 bits per heavy atom. The molecule has 1 aromatic carbocycles. The lowest BCUT2D eigenvalue weighted by Gasteiger charge is -2.11. The smallest absolute Gasteiger partial charge is 0.346 e. The second kappa shape index (κ2) is 8.27. The summed E-state index contributed by atoms with van der Waals surface area (Å²) in [5, 5.41) is 11.3. The van der Waals surface area contributed by atoms with Crippen LogP contribution in [0, 0.1) is 6.92 Å². The fraction of sp³-hybridized carbons (Fsp3) is 0.238. The van der Waals surface area contributed by atoms with Crippen molar-refractivity contribution in [2.45, 2.75) is 33.1 Å². The molecule has 11 heteroatoms. The molecule has 0 aliphatic heterocycles. The summed E-state index contributed by atoms with van der Waals surface area (Å²) in [7, 11) is 0. The quantitative estimate of drug-likeness (QED) is 0.473. The zero-order valence-electron chi connectivity index (χ0n) is 17.1. The number of alkyl halides is 3. The van der Waals surface area contributed by atoms with Crippen LogP contribution >= 0.6 is 11.6 Å². The number of nitrogens with one attached hydrogen (secondary N) is 1. The van der Waals surface area contributed by atoms with Crippen LogP contribution < -0.4 is 5.32 Å². The van der Waals surface area contributed by atoms with Crippen LogP contribution in [0.1, 0.15) is 34.4 Å². The summed E-state index contributed by atoms with van der Waals surface area (Å²) in [4.78, 5) is 16.9. The zero-order chi connectivity index (χ0) is 23.0. The molecule has 1 N–H and O–H groups in total. The van der Waals surface area contributed by atoms with Gasteiger partial charge in [-0.15, -0.1) is 0 Å². The van der Waals surface area contributed by atoms with E-state index in [1.807, 2.05) is 13.8 Å². The molecule has 7 nitrogen and oxygen atoms in total. The number of halogens is 4. The summed E-state index contributed by atoms with van der Waals surface area (Å²) in [6.45, 7) is 4.61. The van der Waals surface area contributed by atoms with Crippen LogP contribution in [0.4, 0.5) is 13.2 Å². The minimum atomic E-state index is -4.70. The number of hydrogen-bond donors (Lipinski definition) is 1. The van der Waals surface area contributed by atoms with Crippen molar-refractivity contribution in [2.75, 3.05) is 0 Å². The van der Waals surface area contributed by atoms with Crippen molar-refractivity contribution < 1.29 is 18.0 Å². The average Bonchev–Trinajstić information content (AvgIpc) is 3.34. The van der Waals surface area contributed by atoms with E-state index in [-0.39, 0.29) is 23.6 Å². The first-order chi connectivity index (χ1) is 15.2. The van der Waals surface area contributed by atoms with Gasteiger partial charge in [-0.05, 0) is 32.0 Å². The van der Waals surface area contributed by atoms with Crippen LogP contribution in [0.3, 0.4) is 0 Å². The molecule has 0 spiro atoms. The summed E-state index contributed by atoms with van der Waals surface area (Å²) in [5.41, 5.74) is 0.820. The predicted molar refractivity (Wildman–Crippen MR) is 112 cm³/mol. The predicted octanol–water partition coefficient (Wildman–Crippen LogP) is 4.52. The molecule has 0 unspecified atom stereocenters. The number of aryl methyl sites for hydroxylation is 2. The first-order valence-electron chi connectivity index (χ1n) is 9.71. The highest BCUT2D eigenvalue weighted by Gasteiger charge is 2.35. The maximum absolute atomic E-state index is 13.7. The molecule has 0 atom stereocenters. The van der Waals surface area contributed by atoms with Crippen LogP contribution in [0.25, 0.3) is 16.9 Å². The van der Waals surface area contributed by atoms with Crippen LogP contribution in [-0.4, -0.2) is 30.3 Å². The molecule has 0 aliphatic carbocycles. The fourth-order valence-electron chi connectivity index (χ4n) is 3.22. The molecule has 1 amide bonds. The third-order valence-corrected chi connectivity index (χ3v) is 5.15. The van der Waals surface area contributed by atoms with Crippen LogP contribution in [0.2, 0.25) is 5.02 Å². The Kier molecular flexibility index (Phi) is 5.64. The van der Waals surface area contributed by atoms with Gasteiger partial charge in [-0.25, -0.2) is 9.50 Å². The van der Waals surface area contributed by atoms with Crippen molar-refractivity contribution in [3.63, 3.8) is 0 Å². The van der Waals surface area contributed by atoms with Crippen molar-refractivity contribution in [1.29, 1.82) is 0 Å². The Morgan fingerprint density at radius 3 is 2.50 bits per heavy atom. The Balaban J connectivity index is 1.68. The van der Waals surface area contributed by atoms with Crippen LogP contribution in [0.5, 0.6) is 0 Å². The van der Waals surface area contributed by atoms with Gasteiger partial charge >= 0.3 is 6.18 Å². The Hall–Kier alpha value is -3.40. The normalized spacial score (nSPS) is 11.8. The van der Waals surface area contributed by atoms with E-state index in [0.717, 1.165) is 17.3 Å². The van der Waals surface area contributed by atoms with E-state index in [2.05, 4.69) is 20.5 Å². The Morgan fingerprint density at radius 1 is 1.16 bits per heavy atom. The average molecular weight is 463 g/mol. The van der Waals surface area contributed by atoms with E-state index < -0.39 is 17.8 Å². The minimum Gasteiger partial charge on any atom is -0.346 e. The van der Waals surface area contributed by atoms with Gasteiger partial charge in [-0.3, -0.25) is 9.48 Å². The van der Waals surface area contributed by atoms with E-state index in [1.165, 1.54) is 6.07 Å². The minimum absolute atomic E-state index is 0.0927. The lowest BCUT2D eigenvalue weighted by molar-refractivity contribution is -0.142. The number of benzene rings is 1. The largest absolute Gasteiger partial charge is 0.433 e. The first kappa shape index (κ1) is 21.8. The Bertz CT molecular complexity index is 1290. The highest BCUT2D eigenvalue weighted by molar-refractivity contribution is 6.30. The number of carbonyl (C=O) groups is 1. The van der Waals surface area contributed by atoms with Crippen LogP contribution in [0.15, 0.2) is 42.6 Å². The van der Waals surface area contributed by atoms with Gasteiger partial charge in [-0.1, -0.05) is 23.7 Å². The molecule has 0 aliphatic rings. The van der Waals surface area contributed by atoms with E-state index in [1.54, 1.807) is 35.1 Å². The lowest BCUT2D eigenvalue weighted by Crippen LogP contribution is -2.23. The molecule has 0 bridgehead atoms. The van der Waals surface area contributed by atoms with Crippen molar-refractivity contribution in [3.05, 3.63) is 70.3 Å². The number of nitrogens with zero attached hydrogens (tertiary/aromatic N) is 5. The monoisotopic (exact) mass is 462 g/mol. The molecule has 0 fully saturated rings. The first-order valence-corrected chi connectivity index (χ1v) is 10.1. The lowest BCUT2D eigenvalue weighted by atomic mass is 10.1. The van der Waals surface area contributed by atoms with Gasteiger partial charge in [0.05, 0.1) is 11.4 Å². The summed E-state index contributed by atoms with van der Waals surface area (Å²) >= 11 is 5.87. The van der Waals surface area contributed by atoms with Crippen molar-refractivity contribution in [2.24, 2.45) is 0 Å². The van der Waals surface area contributed by atoms with Crippen molar-refractivity contribution in [1.82, 2.24) is 29.7 Å². The van der Waals surface area contributed by atoms with Gasteiger partial charge in [0, 0.05) is 41.5 Å². The van der Waals surface area contributed by atoms with Gasteiger partial charge in [0.1, 0.15) is 0 Å². The zero-order valence-corrected chi connectivity index (χ0v) is 17.9. The Labute approximate surface area is 185 Å².